The zero-order chi connectivity index (χ0) is 26.4. The number of hydrogen-bond donors (Lipinski definition) is 0. The molecular weight excluding hydrogens is 630 g/mol. The van der Waals surface area contributed by atoms with E-state index in [1.807, 2.05) is 0 Å². The van der Waals surface area contributed by atoms with Crippen molar-refractivity contribution in [2.75, 3.05) is 24.6 Å². The maximum absolute atomic E-state index is 4.68. The molecule has 1 saturated heterocycles. The van der Waals surface area contributed by atoms with E-state index in [0.29, 0.717) is 0 Å². The number of benzene rings is 4. The summed E-state index contributed by atoms with van der Waals surface area (Å²) < 4.78 is 0. The number of halogens is 2. The van der Waals surface area contributed by atoms with Crippen LogP contribution >= 0.6 is 41.6 Å². The molecule has 0 radical (unpaired) electrons. The predicted octanol–water partition coefficient (Wildman–Crippen LogP) is 11.3. The first kappa shape index (κ1) is 28.2. The van der Waals surface area contributed by atoms with Crippen molar-refractivity contribution in [1.82, 2.24) is 0 Å². The average Bonchev–Trinajstić information content (AvgIpc) is 2.90. The summed E-state index contributed by atoms with van der Waals surface area (Å²) in [5, 5.41) is -4.44. The van der Waals surface area contributed by atoms with E-state index in [0.717, 1.165) is 0 Å². The van der Waals surface area contributed by atoms with Gasteiger partial charge in [-0.2, -0.15) is 0 Å². The van der Waals surface area contributed by atoms with Crippen molar-refractivity contribution < 1.29 is 0 Å². The molecule has 4 aromatic carbocycles. The van der Waals surface area contributed by atoms with E-state index in [-0.39, 0.29) is 0 Å². The fourth-order valence-electron chi connectivity index (χ4n) is 6.85. The van der Waals surface area contributed by atoms with Crippen LogP contribution in [0.4, 0.5) is 0 Å². The maximum atomic E-state index is 4.68. The van der Waals surface area contributed by atoms with E-state index in [1.165, 1.54) is 84.4 Å². The SMILES string of the molecule is BrP1(Cc2ccccc2)(Cc2ccccc2)CCCP(Br)(Cc2ccccc2)(Cc2ccccc2)CCC1. The molecule has 0 unspecified atom stereocenters. The molecule has 200 valence electrons. The van der Waals surface area contributed by atoms with Crippen molar-refractivity contribution in [2.45, 2.75) is 37.5 Å². The van der Waals surface area contributed by atoms with Crippen molar-refractivity contribution in [3.8, 4) is 0 Å². The van der Waals surface area contributed by atoms with Crippen LogP contribution in [0.3, 0.4) is 0 Å². The summed E-state index contributed by atoms with van der Waals surface area (Å²) in [7, 11) is 0. The van der Waals surface area contributed by atoms with Gasteiger partial charge in [0.05, 0.1) is 0 Å². The van der Waals surface area contributed by atoms with Gasteiger partial charge in [-0.15, -0.1) is 0 Å². The van der Waals surface area contributed by atoms with Crippen LogP contribution in [0.5, 0.6) is 0 Å². The third kappa shape index (κ3) is 7.06. The summed E-state index contributed by atoms with van der Waals surface area (Å²) in [6.07, 6.45) is 12.6. The van der Waals surface area contributed by atoms with Crippen molar-refractivity contribution in [1.29, 1.82) is 0 Å². The fraction of sp³-hybridized carbons (Fsp3) is 0.294. The minimum absolute atomic E-state index is 1.19. The molecule has 0 aromatic heterocycles. The normalized spacial score (nSPS) is 21.8. The Labute approximate surface area is 246 Å². The second-order valence-electron chi connectivity index (χ2n) is 11.8. The van der Waals surface area contributed by atoms with Gasteiger partial charge < -0.3 is 0 Å². The van der Waals surface area contributed by atoms with Crippen LogP contribution in [0.1, 0.15) is 35.1 Å². The van der Waals surface area contributed by atoms with E-state index in [1.54, 1.807) is 0 Å². The Morgan fingerprint density at radius 2 is 0.579 bits per heavy atom. The molecule has 4 aromatic rings. The molecule has 38 heavy (non-hydrogen) atoms. The second-order valence-corrected chi connectivity index (χ2v) is 34.2. The molecule has 1 heterocycles. The second kappa shape index (κ2) is 11.7. The summed E-state index contributed by atoms with van der Waals surface area (Å²) >= 11 is 9.36. The van der Waals surface area contributed by atoms with Crippen molar-refractivity contribution >= 4 is 41.6 Å². The van der Waals surface area contributed by atoms with Crippen LogP contribution in [-0.2, 0) is 24.6 Å². The van der Waals surface area contributed by atoms with Gasteiger partial charge in [0.15, 0.2) is 0 Å². The molecule has 0 amide bonds. The van der Waals surface area contributed by atoms with Crippen LogP contribution in [0.25, 0.3) is 0 Å². The molecule has 0 nitrogen and oxygen atoms in total. The Hall–Kier alpha value is -1.30. The number of rotatable bonds is 8. The Morgan fingerprint density at radius 3 is 0.789 bits per heavy atom. The molecule has 5 rings (SSSR count). The molecule has 1 aliphatic heterocycles. The third-order valence-electron chi connectivity index (χ3n) is 8.55. The quantitative estimate of drug-likeness (QED) is 0.164. The Morgan fingerprint density at radius 1 is 0.368 bits per heavy atom. The van der Waals surface area contributed by atoms with Crippen LogP contribution in [0, 0.1) is 0 Å². The van der Waals surface area contributed by atoms with Crippen molar-refractivity contribution in [3.63, 3.8) is 0 Å². The summed E-state index contributed by atoms with van der Waals surface area (Å²) in [6.45, 7) is 0. The molecule has 0 aliphatic carbocycles. The van der Waals surface area contributed by atoms with Gasteiger partial charge in [-0.25, -0.2) is 0 Å². The van der Waals surface area contributed by atoms with E-state index < -0.39 is 10.6 Å². The molecule has 0 saturated carbocycles. The summed E-state index contributed by atoms with van der Waals surface area (Å²) in [4.78, 5) is 0. The first-order valence-electron chi connectivity index (χ1n) is 13.9. The van der Waals surface area contributed by atoms with Gasteiger partial charge in [0.2, 0.25) is 0 Å². The summed E-state index contributed by atoms with van der Waals surface area (Å²) in [5.74, 6) is 0. The number of hydrogen-bond acceptors (Lipinski definition) is 0. The Balaban J connectivity index is 1.48. The van der Waals surface area contributed by atoms with Gasteiger partial charge in [-0.3, -0.25) is 0 Å². The van der Waals surface area contributed by atoms with Gasteiger partial charge in [-0.05, 0) is 0 Å². The molecule has 0 N–H and O–H groups in total. The van der Waals surface area contributed by atoms with Gasteiger partial charge in [0.1, 0.15) is 0 Å². The molecular formula is C34H40Br2P2. The Kier molecular flexibility index (Phi) is 8.67. The standard InChI is InChI=1S/C34H40Br2P2/c35-37(27-31-15-5-1-6-16-31,28-32-17-7-2-8-18-32)23-13-25-38(36,26-14-24-37,29-33-19-9-3-10-20-33)30-34-21-11-4-12-22-34/h1-12,15-22H,13-14,23-30H2. The zero-order valence-corrected chi connectivity index (χ0v) is 27.2. The Bertz CT molecular complexity index is 1110. The summed E-state index contributed by atoms with van der Waals surface area (Å²) in [6, 6.07) is 45.0. The topological polar surface area (TPSA) is 0 Å². The van der Waals surface area contributed by atoms with Crippen molar-refractivity contribution in [3.05, 3.63) is 144 Å². The van der Waals surface area contributed by atoms with Crippen LogP contribution in [0.15, 0.2) is 121 Å². The predicted molar refractivity (Wildman–Crippen MR) is 181 cm³/mol. The van der Waals surface area contributed by atoms with Gasteiger partial charge in [-0.1, -0.05) is 0 Å². The van der Waals surface area contributed by atoms with E-state index in [4.69, 9.17) is 0 Å². The summed E-state index contributed by atoms with van der Waals surface area (Å²) in [5.41, 5.74) is 5.96. The van der Waals surface area contributed by atoms with Crippen LogP contribution in [0.2, 0.25) is 0 Å². The molecule has 0 spiro atoms. The van der Waals surface area contributed by atoms with Gasteiger partial charge in [0.25, 0.3) is 0 Å². The van der Waals surface area contributed by atoms with E-state index >= 15 is 0 Å². The fourth-order valence-corrected chi connectivity index (χ4v) is 24.1. The minimum atomic E-state index is -2.22. The first-order valence-corrected chi connectivity index (χ1v) is 23.9. The monoisotopic (exact) mass is 668 g/mol. The molecule has 4 heteroatoms. The molecule has 0 atom stereocenters. The third-order valence-corrected chi connectivity index (χ3v) is 26.2. The molecule has 0 bridgehead atoms. The van der Waals surface area contributed by atoms with Crippen LogP contribution < -0.4 is 0 Å². The van der Waals surface area contributed by atoms with Gasteiger partial charge in [0, 0.05) is 0 Å². The van der Waals surface area contributed by atoms with E-state index in [9.17, 15) is 0 Å². The molecule has 1 aliphatic rings. The first-order chi connectivity index (χ1) is 18.3. The zero-order valence-electron chi connectivity index (χ0n) is 22.3. The average molecular weight is 670 g/mol. The molecule has 1 fully saturated rings. The van der Waals surface area contributed by atoms with E-state index in [2.05, 4.69) is 152 Å². The van der Waals surface area contributed by atoms with Crippen LogP contribution in [-0.4, -0.2) is 24.6 Å². The van der Waals surface area contributed by atoms with Crippen molar-refractivity contribution in [2.24, 2.45) is 0 Å². The van der Waals surface area contributed by atoms with Gasteiger partial charge >= 0.3 is 247 Å².